The van der Waals surface area contributed by atoms with Gasteiger partial charge in [0.05, 0.1) is 16.7 Å². The van der Waals surface area contributed by atoms with Crippen LogP contribution in [0.4, 0.5) is 0 Å². The van der Waals surface area contributed by atoms with Gasteiger partial charge in [-0.1, -0.05) is 109 Å². The highest BCUT2D eigenvalue weighted by molar-refractivity contribution is 8.28. The molecule has 0 saturated heterocycles. The van der Waals surface area contributed by atoms with Crippen LogP contribution in [0.2, 0.25) is 0 Å². The van der Waals surface area contributed by atoms with E-state index in [4.69, 9.17) is 9.15 Å². The van der Waals surface area contributed by atoms with Crippen molar-refractivity contribution < 1.29 is 9.15 Å². The summed E-state index contributed by atoms with van der Waals surface area (Å²) in [6.45, 7) is 0. The molecule has 0 N–H and O–H groups in total. The van der Waals surface area contributed by atoms with Gasteiger partial charge in [0, 0.05) is 32.0 Å². The summed E-state index contributed by atoms with van der Waals surface area (Å²) in [4.78, 5) is 1.27. The Balaban J connectivity index is 1.06. The van der Waals surface area contributed by atoms with Crippen LogP contribution in [0.25, 0.3) is 82.8 Å². The van der Waals surface area contributed by atoms with Gasteiger partial charge in [-0.05, 0) is 99.4 Å². The van der Waals surface area contributed by atoms with E-state index in [1.54, 1.807) is 0 Å². The fraction of sp³-hybridized carbons (Fsp3) is 0. The molecule has 53 heavy (non-hydrogen) atoms. The first-order valence-electron chi connectivity index (χ1n) is 18.0. The fourth-order valence-electron chi connectivity index (χ4n) is 8.70. The van der Waals surface area contributed by atoms with Crippen LogP contribution < -0.4 is 15.7 Å². The van der Waals surface area contributed by atoms with E-state index in [0.717, 1.165) is 50.3 Å². The van der Waals surface area contributed by atoms with Crippen molar-refractivity contribution in [1.29, 1.82) is 0 Å². The minimum atomic E-state index is 0.120. The lowest BCUT2D eigenvalue weighted by molar-refractivity contribution is 0.488. The molecule has 0 unspecified atom stereocenters. The second-order valence-electron chi connectivity index (χ2n) is 14.0. The Morgan fingerprint density at radius 1 is 0.453 bits per heavy atom. The number of fused-ring (bicyclic) bond motifs is 10. The van der Waals surface area contributed by atoms with Gasteiger partial charge in [0.15, 0.2) is 0 Å². The van der Waals surface area contributed by atoms with Gasteiger partial charge in [0.25, 0.3) is 5.99 Å². The second-order valence-corrected chi connectivity index (χ2v) is 15.1. The monoisotopic (exact) mass is 693 g/mol. The van der Waals surface area contributed by atoms with Gasteiger partial charge in [-0.2, -0.15) is 11.6 Å². The third-order valence-electron chi connectivity index (χ3n) is 11.1. The number of para-hydroxylation sites is 5. The number of ether oxygens (including phenoxy) is 1. The van der Waals surface area contributed by atoms with Crippen molar-refractivity contribution in [3.63, 3.8) is 0 Å². The standard InChI is InChI=1S/C48H28BNO2S/c1-6-16-40(50-41-17-7-2-12-33(41)34-13-3-8-18-42(34)50)32(11-1)31-26-38-36-23-21-30(29-22-24-44-37(25-29)35-14-4-9-19-43(35)51-44)28-47(36)53-49-39-15-5-10-20-45(39)52-46(27-31)48(38)49/h1-28H. The summed E-state index contributed by atoms with van der Waals surface area (Å²) in [6.07, 6.45) is 0. The third kappa shape index (κ3) is 4.26. The Bertz CT molecular complexity index is 3100. The van der Waals surface area contributed by atoms with Crippen LogP contribution in [0, 0.1) is 0 Å². The van der Waals surface area contributed by atoms with Crippen molar-refractivity contribution in [3.8, 4) is 50.6 Å². The number of furan rings is 1. The molecule has 0 spiro atoms. The first-order valence-corrected chi connectivity index (χ1v) is 18.9. The van der Waals surface area contributed by atoms with Crippen molar-refractivity contribution in [2.24, 2.45) is 0 Å². The van der Waals surface area contributed by atoms with Gasteiger partial charge < -0.3 is 13.7 Å². The van der Waals surface area contributed by atoms with Crippen molar-refractivity contribution in [3.05, 3.63) is 170 Å². The number of nitrogens with zero attached hydrogens (tertiary/aromatic N) is 1. The molecule has 246 valence electrons. The molecule has 2 aromatic heterocycles. The summed E-state index contributed by atoms with van der Waals surface area (Å²) >= 11 is 1.93. The Morgan fingerprint density at radius 2 is 1.13 bits per heavy atom. The summed E-state index contributed by atoms with van der Waals surface area (Å²) < 4.78 is 15.4. The highest BCUT2D eigenvalue weighted by Gasteiger charge is 2.39. The van der Waals surface area contributed by atoms with Gasteiger partial charge >= 0.3 is 0 Å². The first kappa shape index (κ1) is 29.2. The molecule has 0 atom stereocenters. The largest absolute Gasteiger partial charge is 0.458 e. The molecule has 10 aromatic rings. The van der Waals surface area contributed by atoms with Gasteiger partial charge in [-0.3, -0.25) is 0 Å². The molecule has 0 saturated carbocycles. The average Bonchev–Trinajstić information content (AvgIpc) is 3.76. The van der Waals surface area contributed by atoms with Crippen molar-refractivity contribution in [2.75, 3.05) is 0 Å². The van der Waals surface area contributed by atoms with Crippen LogP contribution in [0.3, 0.4) is 0 Å². The van der Waals surface area contributed by atoms with E-state index in [2.05, 4.69) is 162 Å². The van der Waals surface area contributed by atoms with Crippen molar-refractivity contribution >= 4 is 72.3 Å². The number of benzene rings is 8. The van der Waals surface area contributed by atoms with E-state index < -0.39 is 0 Å². The SMILES string of the molecule is c1ccc2c(c1)Oc1cc(-c3ccccc3-n3c4ccccc4c4ccccc43)cc3c1B2Sc1cc(-c2ccc4oc5ccccc5c4c2)ccc1-3. The molecule has 5 heteroatoms. The summed E-state index contributed by atoms with van der Waals surface area (Å²) in [6, 6.07) is 61.2. The molecule has 3 nitrogen and oxygen atoms in total. The molecular weight excluding hydrogens is 665 g/mol. The molecule has 2 aliphatic rings. The lowest BCUT2D eigenvalue weighted by Gasteiger charge is -2.33. The number of hydrogen-bond acceptors (Lipinski definition) is 3. The second kappa shape index (κ2) is 11.0. The fourth-order valence-corrected chi connectivity index (χ4v) is 10.1. The topological polar surface area (TPSA) is 27.3 Å². The van der Waals surface area contributed by atoms with Gasteiger partial charge in [0.2, 0.25) is 0 Å². The lowest BCUT2D eigenvalue weighted by Crippen LogP contribution is -2.46. The van der Waals surface area contributed by atoms with Crippen LogP contribution in [-0.4, -0.2) is 10.6 Å². The summed E-state index contributed by atoms with van der Waals surface area (Å²) in [5.74, 6) is 1.97. The van der Waals surface area contributed by atoms with Gasteiger partial charge in [-0.15, -0.1) is 0 Å². The van der Waals surface area contributed by atoms with Crippen molar-refractivity contribution in [1.82, 2.24) is 4.57 Å². The van der Waals surface area contributed by atoms with Crippen molar-refractivity contribution in [2.45, 2.75) is 4.90 Å². The zero-order valence-electron chi connectivity index (χ0n) is 28.4. The maximum absolute atomic E-state index is 6.80. The normalized spacial score (nSPS) is 12.9. The van der Waals surface area contributed by atoms with E-state index in [1.165, 1.54) is 59.9 Å². The summed E-state index contributed by atoms with van der Waals surface area (Å²) in [5.41, 5.74) is 15.0. The van der Waals surface area contributed by atoms with Gasteiger partial charge in [-0.25, -0.2) is 0 Å². The van der Waals surface area contributed by atoms with Crippen LogP contribution in [0.5, 0.6) is 11.5 Å². The van der Waals surface area contributed by atoms with Crippen LogP contribution in [0.15, 0.2) is 179 Å². The zero-order chi connectivity index (χ0) is 34.6. The third-order valence-corrected chi connectivity index (χ3v) is 12.4. The molecule has 0 fully saturated rings. The molecule has 0 amide bonds. The highest BCUT2D eigenvalue weighted by Crippen LogP contribution is 2.47. The summed E-state index contributed by atoms with van der Waals surface area (Å²) in [7, 11) is 0. The minimum Gasteiger partial charge on any atom is -0.458 e. The van der Waals surface area contributed by atoms with Gasteiger partial charge in [0.1, 0.15) is 22.7 Å². The predicted molar refractivity (Wildman–Crippen MR) is 222 cm³/mol. The molecule has 0 radical (unpaired) electrons. The Kier molecular flexibility index (Phi) is 6.08. The van der Waals surface area contributed by atoms with Crippen LogP contribution in [0.1, 0.15) is 0 Å². The number of hydrogen-bond donors (Lipinski definition) is 0. The van der Waals surface area contributed by atoms with Crippen LogP contribution >= 0.6 is 11.6 Å². The quantitative estimate of drug-likeness (QED) is 0.172. The van der Waals surface area contributed by atoms with Crippen LogP contribution in [-0.2, 0) is 0 Å². The first-order chi connectivity index (χ1) is 26.3. The lowest BCUT2D eigenvalue weighted by atomic mass is 9.57. The summed E-state index contributed by atoms with van der Waals surface area (Å²) in [5, 5.41) is 4.79. The maximum Gasteiger partial charge on any atom is 0.289 e. The Hall–Kier alpha value is -6.43. The number of rotatable bonds is 3. The molecule has 8 aromatic carbocycles. The average molecular weight is 694 g/mol. The van der Waals surface area contributed by atoms with E-state index in [0.29, 0.717) is 0 Å². The Labute approximate surface area is 310 Å². The highest BCUT2D eigenvalue weighted by atomic mass is 32.2. The van der Waals surface area contributed by atoms with E-state index in [-0.39, 0.29) is 5.99 Å². The Morgan fingerprint density at radius 3 is 2.00 bits per heavy atom. The maximum atomic E-state index is 6.80. The molecule has 12 rings (SSSR count). The molecular formula is C48H28BNO2S. The minimum absolute atomic E-state index is 0.120. The van der Waals surface area contributed by atoms with E-state index in [1.807, 2.05) is 23.7 Å². The van der Waals surface area contributed by atoms with E-state index >= 15 is 0 Å². The smallest absolute Gasteiger partial charge is 0.289 e. The molecule has 2 aliphatic heterocycles. The predicted octanol–water partition coefficient (Wildman–Crippen LogP) is 12.0. The van der Waals surface area contributed by atoms with E-state index in [9.17, 15) is 0 Å². The number of aromatic nitrogens is 1. The molecule has 0 aliphatic carbocycles. The zero-order valence-corrected chi connectivity index (χ0v) is 29.2. The molecule has 4 heterocycles. The molecule has 0 bridgehead atoms.